The molecule has 3 aromatic rings. The second-order valence-electron chi connectivity index (χ2n) is 3.68. The summed E-state index contributed by atoms with van der Waals surface area (Å²) in [5.41, 5.74) is 3.22. The fraction of sp³-hybridized carbons (Fsp3) is 0.0833. The van der Waals surface area contributed by atoms with E-state index in [-0.39, 0.29) is 0 Å². The van der Waals surface area contributed by atoms with E-state index in [0.717, 1.165) is 11.3 Å². The fourth-order valence-corrected chi connectivity index (χ4v) is 1.60. The Labute approximate surface area is 92.6 Å². The molecule has 4 nitrogen and oxygen atoms in total. The summed E-state index contributed by atoms with van der Waals surface area (Å²) in [6, 6.07) is 8.24. The zero-order valence-electron chi connectivity index (χ0n) is 8.83. The van der Waals surface area contributed by atoms with Crippen LogP contribution in [-0.4, -0.2) is 19.6 Å². The minimum absolute atomic E-state index is 0.623. The van der Waals surface area contributed by atoms with E-state index in [0.29, 0.717) is 5.78 Å². The number of aromatic nitrogens is 4. The summed E-state index contributed by atoms with van der Waals surface area (Å²) >= 11 is 0. The molecule has 0 N–H and O–H groups in total. The molecule has 0 saturated carbocycles. The van der Waals surface area contributed by atoms with E-state index in [1.54, 1.807) is 16.9 Å². The molecule has 0 atom stereocenters. The average Bonchev–Trinajstić information content (AvgIpc) is 2.73. The Morgan fingerprint density at radius 2 is 1.88 bits per heavy atom. The first-order valence-electron chi connectivity index (χ1n) is 5.06. The van der Waals surface area contributed by atoms with Crippen LogP contribution >= 0.6 is 0 Å². The molecular formula is C12H10N4. The SMILES string of the molecule is Cc1ccc(-c2cn3nccnc3n2)cc1. The van der Waals surface area contributed by atoms with Crippen LogP contribution in [-0.2, 0) is 0 Å². The highest BCUT2D eigenvalue weighted by atomic mass is 15.3. The fourth-order valence-electron chi connectivity index (χ4n) is 1.60. The summed E-state index contributed by atoms with van der Waals surface area (Å²) < 4.78 is 1.68. The van der Waals surface area contributed by atoms with E-state index in [1.807, 2.05) is 6.20 Å². The van der Waals surface area contributed by atoms with E-state index in [9.17, 15) is 0 Å². The molecule has 0 aliphatic heterocycles. The normalized spacial score (nSPS) is 10.8. The van der Waals surface area contributed by atoms with Crippen molar-refractivity contribution >= 4 is 5.78 Å². The molecule has 16 heavy (non-hydrogen) atoms. The van der Waals surface area contributed by atoms with E-state index in [1.165, 1.54) is 5.56 Å². The smallest absolute Gasteiger partial charge is 0.218 e. The van der Waals surface area contributed by atoms with Gasteiger partial charge < -0.3 is 0 Å². The van der Waals surface area contributed by atoms with Crippen molar-refractivity contribution in [1.29, 1.82) is 0 Å². The topological polar surface area (TPSA) is 43.1 Å². The number of imidazole rings is 1. The van der Waals surface area contributed by atoms with Crippen LogP contribution in [0.3, 0.4) is 0 Å². The van der Waals surface area contributed by atoms with Crippen LogP contribution in [0.2, 0.25) is 0 Å². The number of fused-ring (bicyclic) bond motifs is 1. The Hall–Kier alpha value is -2.23. The first-order valence-corrected chi connectivity index (χ1v) is 5.06. The zero-order valence-corrected chi connectivity index (χ0v) is 8.83. The highest BCUT2D eigenvalue weighted by Crippen LogP contribution is 2.18. The maximum absolute atomic E-state index is 4.40. The standard InChI is InChI=1S/C12H10N4/c1-9-2-4-10(5-3-9)11-8-16-12(15-11)13-6-7-14-16/h2-8H,1H3. The van der Waals surface area contributed by atoms with Crippen LogP contribution in [0.15, 0.2) is 42.9 Å². The van der Waals surface area contributed by atoms with Gasteiger partial charge in [0, 0.05) is 5.56 Å². The molecule has 1 aromatic carbocycles. The van der Waals surface area contributed by atoms with Crippen LogP contribution in [0.25, 0.3) is 17.0 Å². The van der Waals surface area contributed by atoms with Crippen molar-refractivity contribution in [2.75, 3.05) is 0 Å². The molecule has 0 spiro atoms. The number of nitrogens with zero attached hydrogens (tertiary/aromatic N) is 4. The third-order valence-corrected chi connectivity index (χ3v) is 2.47. The lowest BCUT2D eigenvalue weighted by molar-refractivity contribution is 0.902. The Balaban J connectivity index is 2.15. The Morgan fingerprint density at radius 3 is 2.62 bits per heavy atom. The monoisotopic (exact) mass is 210 g/mol. The molecule has 0 radical (unpaired) electrons. The zero-order chi connectivity index (χ0) is 11.0. The maximum atomic E-state index is 4.40. The highest BCUT2D eigenvalue weighted by molar-refractivity contribution is 5.61. The molecule has 0 fully saturated rings. The second-order valence-corrected chi connectivity index (χ2v) is 3.68. The van der Waals surface area contributed by atoms with Crippen molar-refractivity contribution in [2.45, 2.75) is 6.92 Å². The summed E-state index contributed by atoms with van der Waals surface area (Å²) in [5, 5.41) is 4.14. The van der Waals surface area contributed by atoms with Crippen LogP contribution < -0.4 is 0 Å². The lowest BCUT2D eigenvalue weighted by Gasteiger charge is -1.95. The molecular weight excluding hydrogens is 200 g/mol. The maximum Gasteiger partial charge on any atom is 0.251 e. The lowest BCUT2D eigenvalue weighted by Crippen LogP contribution is -1.89. The molecule has 0 aliphatic rings. The third kappa shape index (κ3) is 1.44. The number of benzene rings is 1. The molecule has 4 heteroatoms. The highest BCUT2D eigenvalue weighted by Gasteiger charge is 2.04. The van der Waals surface area contributed by atoms with Crippen molar-refractivity contribution in [3.05, 3.63) is 48.4 Å². The van der Waals surface area contributed by atoms with E-state index in [4.69, 9.17) is 0 Å². The van der Waals surface area contributed by atoms with Gasteiger partial charge in [-0.1, -0.05) is 29.8 Å². The largest absolute Gasteiger partial charge is 0.251 e. The van der Waals surface area contributed by atoms with Crippen molar-refractivity contribution in [3.63, 3.8) is 0 Å². The molecule has 0 unspecified atom stereocenters. The first kappa shape index (κ1) is 9.03. The molecule has 0 aliphatic carbocycles. The number of hydrogen-bond acceptors (Lipinski definition) is 3. The summed E-state index contributed by atoms with van der Waals surface area (Å²) in [6.45, 7) is 2.07. The minimum Gasteiger partial charge on any atom is -0.218 e. The quantitative estimate of drug-likeness (QED) is 0.617. The van der Waals surface area contributed by atoms with Gasteiger partial charge in [-0.05, 0) is 6.92 Å². The van der Waals surface area contributed by atoms with Crippen molar-refractivity contribution in [1.82, 2.24) is 19.6 Å². The van der Waals surface area contributed by atoms with E-state index >= 15 is 0 Å². The van der Waals surface area contributed by atoms with E-state index < -0.39 is 0 Å². The Bertz CT molecular complexity index is 592. The lowest BCUT2D eigenvalue weighted by atomic mass is 10.1. The van der Waals surface area contributed by atoms with Crippen molar-refractivity contribution in [3.8, 4) is 11.3 Å². The molecule has 0 saturated heterocycles. The predicted molar refractivity (Wildman–Crippen MR) is 61.0 cm³/mol. The summed E-state index contributed by atoms with van der Waals surface area (Å²) in [4.78, 5) is 8.54. The van der Waals surface area contributed by atoms with Gasteiger partial charge >= 0.3 is 0 Å². The van der Waals surface area contributed by atoms with Crippen molar-refractivity contribution in [2.24, 2.45) is 0 Å². The van der Waals surface area contributed by atoms with Crippen molar-refractivity contribution < 1.29 is 0 Å². The van der Waals surface area contributed by atoms with Crippen LogP contribution in [0.1, 0.15) is 5.56 Å². The molecule has 2 heterocycles. The Morgan fingerprint density at radius 1 is 1.06 bits per heavy atom. The van der Waals surface area contributed by atoms with Gasteiger partial charge in [-0.15, -0.1) is 0 Å². The minimum atomic E-state index is 0.623. The van der Waals surface area contributed by atoms with E-state index in [2.05, 4.69) is 46.3 Å². The molecule has 2 aromatic heterocycles. The number of aryl methyl sites for hydroxylation is 1. The van der Waals surface area contributed by atoms with Crippen LogP contribution in [0.4, 0.5) is 0 Å². The van der Waals surface area contributed by atoms with Gasteiger partial charge in [-0.2, -0.15) is 5.10 Å². The predicted octanol–water partition coefficient (Wildman–Crippen LogP) is 2.10. The molecule has 0 amide bonds. The second kappa shape index (κ2) is 3.41. The van der Waals surface area contributed by atoms with Gasteiger partial charge in [-0.3, -0.25) is 0 Å². The van der Waals surface area contributed by atoms with Crippen LogP contribution in [0, 0.1) is 6.92 Å². The van der Waals surface area contributed by atoms with Gasteiger partial charge in [0.05, 0.1) is 24.3 Å². The van der Waals surface area contributed by atoms with Gasteiger partial charge in [0.1, 0.15) is 0 Å². The van der Waals surface area contributed by atoms with Gasteiger partial charge in [0.15, 0.2) is 0 Å². The molecule has 78 valence electrons. The molecule has 3 rings (SSSR count). The number of rotatable bonds is 1. The Kier molecular flexibility index (Phi) is 1.93. The number of hydrogen-bond donors (Lipinski definition) is 0. The summed E-state index contributed by atoms with van der Waals surface area (Å²) in [6.07, 6.45) is 5.17. The third-order valence-electron chi connectivity index (χ3n) is 2.47. The molecule has 0 bridgehead atoms. The van der Waals surface area contributed by atoms with Crippen LogP contribution in [0.5, 0.6) is 0 Å². The summed E-state index contributed by atoms with van der Waals surface area (Å²) in [5.74, 6) is 0.623. The van der Waals surface area contributed by atoms with Gasteiger partial charge in [0.2, 0.25) is 0 Å². The first-order chi connectivity index (χ1) is 7.83. The van der Waals surface area contributed by atoms with Gasteiger partial charge in [0.25, 0.3) is 5.78 Å². The van der Waals surface area contributed by atoms with Gasteiger partial charge in [-0.25, -0.2) is 14.5 Å². The summed E-state index contributed by atoms with van der Waals surface area (Å²) in [7, 11) is 0. The average molecular weight is 210 g/mol.